The van der Waals surface area contributed by atoms with E-state index in [-0.39, 0.29) is 24.0 Å². The molecule has 0 radical (unpaired) electrons. The molecule has 24 heavy (non-hydrogen) atoms. The minimum Gasteiger partial charge on any atom is -0.495 e. The fourth-order valence-corrected chi connectivity index (χ4v) is 2.45. The Bertz CT molecular complexity index is 494. The molecule has 0 spiro atoms. The molecule has 6 nitrogen and oxygen atoms in total. The zero-order chi connectivity index (χ0) is 16.3. The molecule has 1 aromatic carbocycles. The van der Waals surface area contributed by atoms with E-state index >= 15 is 0 Å². The van der Waals surface area contributed by atoms with Crippen LogP contribution in [0.25, 0.3) is 0 Å². The second-order valence-corrected chi connectivity index (χ2v) is 5.58. The van der Waals surface area contributed by atoms with E-state index in [1.807, 2.05) is 24.3 Å². The highest BCUT2D eigenvalue weighted by atomic mass is 127. The molecule has 0 amide bonds. The van der Waals surface area contributed by atoms with Crippen molar-refractivity contribution in [2.24, 2.45) is 16.6 Å². The number of nitrogens with zero attached hydrogens (tertiary/aromatic N) is 1. The van der Waals surface area contributed by atoms with Crippen LogP contribution in [-0.4, -0.2) is 46.0 Å². The van der Waals surface area contributed by atoms with Crippen LogP contribution >= 0.6 is 24.0 Å². The van der Waals surface area contributed by atoms with Crippen molar-refractivity contribution in [1.29, 1.82) is 0 Å². The molecule has 0 saturated carbocycles. The van der Waals surface area contributed by atoms with E-state index in [1.165, 1.54) is 0 Å². The molecule has 0 aromatic heterocycles. The Hall–Kier alpha value is -1.06. The molecule has 1 aliphatic heterocycles. The minimum atomic E-state index is 0. The predicted molar refractivity (Wildman–Crippen MR) is 108 cm³/mol. The number of rotatable bonds is 8. The number of guanidine groups is 1. The van der Waals surface area contributed by atoms with Gasteiger partial charge in [-0.15, -0.1) is 24.0 Å². The van der Waals surface area contributed by atoms with Gasteiger partial charge in [0.2, 0.25) is 0 Å². The number of halogens is 1. The van der Waals surface area contributed by atoms with E-state index < -0.39 is 0 Å². The molecule has 0 bridgehead atoms. The minimum absolute atomic E-state index is 0. The second-order valence-electron chi connectivity index (χ2n) is 5.58. The van der Waals surface area contributed by atoms with Crippen molar-refractivity contribution >= 4 is 35.6 Å². The molecule has 1 heterocycles. The molecule has 0 aliphatic carbocycles. The van der Waals surface area contributed by atoms with Crippen molar-refractivity contribution in [1.82, 2.24) is 0 Å². The second kappa shape index (κ2) is 12.3. The molecule has 2 rings (SSSR count). The van der Waals surface area contributed by atoms with Crippen molar-refractivity contribution in [2.45, 2.75) is 19.3 Å². The molecule has 0 atom stereocenters. The van der Waals surface area contributed by atoms with Crippen molar-refractivity contribution in [3.63, 3.8) is 0 Å². The van der Waals surface area contributed by atoms with Crippen LogP contribution in [0.5, 0.6) is 5.75 Å². The highest BCUT2D eigenvalue weighted by molar-refractivity contribution is 14.0. The number of anilines is 1. The van der Waals surface area contributed by atoms with Gasteiger partial charge in [0.25, 0.3) is 0 Å². The summed E-state index contributed by atoms with van der Waals surface area (Å²) in [6.45, 7) is 3.90. The average Bonchev–Trinajstić information content (AvgIpc) is 2.59. The van der Waals surface area contributed by atoms with Crippen molar-refractivity contribution < 1.29 is 14.2 Å². The van der Waals surface area contributed by atoms with Crippen LogP contribution in [0, 0.1) is 5.92 Å². The lowest BCUT2D eigenvalue weighted by molar-refractivity contribution is 0.0205. The van der Waals surface area contributed by atoms with Crippen LogP contribution in [-0.2, 0) is 9.47 Å². The van der Waals surface area contributed by atoms with Gasteiger partial charge in [-0.3, -0.25) is 4.99 Å². The van der Waals surface area contributed by atoms with Gasteiger partial charge < -0.3 is 25.3 Å². The van der Waals surface area contributed by atoms with Crippen LogP contribution in [0.15, 0.2) is 29.3 Å². The Morgan fingerprint density at radius 3 is 2.83 bits per heavy atom. The number of nitrogens with one attached hydrogen (secondary N) is 1. The van der Waals surface area contributed by atoms with E-state index in [1.54, 1.807) is 7.11 Å². The van der Waals surface area contributed by atoms with E-state index in [9.17, 15) is 0 Å². The maximum atomic E-state index is 5.89. The first kappa shape index (κ1) is 21.0. The third-order valence-corrected chi connectivity index (χ3v) is 3.79. The monoisotopic (exact) mass is 449 g/mol. The van der Waals surface area contributed by atoms with Crippen LogP contribution in [0.2, 0.25) is 0 Å². The summed E-state index contributed by atoms with van der Waals surface area (Å²) in [7, 11) is 1.63. The Morgan fingerprint density at radius 2 is 2.08 bits per heavy atom. The smallest absolute Gasteiger partial charge is 0.193 e. The Balaban J connectivity index is 0.00000288. The van der Waals surface area contributed by atoms with E-state index in [0.717, 1.165) is 50.5 Å². The van der Waals surface area contributed by atoms with Gasteiger partial charge in [0.05, 0.1) is 12.8 Å². The first-order chi connectivity index (χ1) is 11.3. The predicted octanol–water partition coefficient (Wildman–Crippen LogP) is 2.87. The summed E-state index contributed by atoms with van der Waals surface area (Å²) in [5, 5.41) is 3.05. The van der Waals surface area contributed by atoms with Crippen molar-refractivity contribution in [3.8, 4) is 5.75 Å². The summed E-state index contributed by atoms with van der Waals surface area (Å²) in [6, 6.07) is 7.60. The number of ether oxygens (including phenoxy) is 3. The number of benzene rings is 1. The molecule has 1 aliphatic rings. The molecule has 1 fully saturated rings. The Morgan fingerprint density at radius 1 is 1.33 bits per heavy atom. The molecular formula is C17H28IN3O3. The maximum Gasteiger partial charge on any atom is 0.193 e. The molecule has 1 aromatic rings. The first-order valence-electron chi connectivity index (χ1n) is 8.15. The molecule has 136 valence electrons. The molecule has 0 unspecified atom stereocenters. The van der Waals surface area contributed by atoms with E-state index in [0.29, 0.717) is 25.0 Å². The van der Waals surface area contributed by atoms with E-state index in [2.05, 4.69) is 10.3 Å². The number of hydrogen-bond acceptors (Lipinski definition) is 4. The zero-order valence-corrected chi connectivity index (χ0v) is 16.5. The van der Waals surface area contributed by atoms with Gasteiger partial charge in [-0.2, -0.15) is 0 Å². The Labute approximate surface area is 161 Å². The van der Waals surface area contributed by atoms with Gasteiger partial charge in [-0.25, -0.2) is 0 Å². The highest BCUT2D eigenvalue weighted by Crippen LogP contribution is 2.22. The number of methoxy groups -OCH3 is 1. The standard InChI is InChI=1S/C17H27N3O3.HI/c1-21-16-6-3-2-5-15(16)20-17(18)19-9-4-10-23-13-14-7-11-22-12-8-14;/h2-3,5-6,14H,4,7-13H2,1H3,(H3,18,19,20);1H. The van der Waals surface area contributed by atoms with Crippen molar-refractivity contribution in [3.05, 3.63) is 24.3 Å². The summed E-state index contributed by atoms with van der Waals surface area (Å²) in [4.78, 5) is 4.31. The first-order valence-corrected chi connectivity index (χ1v) is 8.15. The number of para-hydroxylation sites is 2. The lowest BCUT2D eigenvalue weighted by Crippen LogP contribution is -2.23. The maximum absolute atomic E-state index is 5.89. The SMILES string of the molecule is COc1ccccc1NC(N)=NCCCOCC1CCOCC1.I. The fourth-order valence-electron chi connectivity index (χ4n) is 2.45. The lowest BCUT2D eigenvalue weighted by atomic mass is 10.0. The zero-order valence-electron chi connectivity index (χ0n) is 14.2. The summed E-state index contributed by atoms with van der Waals surface area (Å²) < 4.78 is 16.3. The third kappa shape index (κ3) is 7.67. The molecular weight excluding hydrogens is 421 g/mol. The topological polar surface area (TPSA) is 78.1 Å². The summed E-state index contributed by atoms with van der Waals surface area (Å²) in [5.74, 6) is 1.77. The quantitative estimate of drug-likeness (QED) is 0.276. The van der Waals surface area contributed by atoms with Gasteiger partial charge >= 0.3 is 0 Å². The van der Waals surface area contributed by atoms with Gasteiger partial charge in [0, 0.05) is 33.0 Å². The third-order valence-electron chi connectivity index (χ3n) is 3.79. The normalized spacial score (nSPS) is 15.6. The molecule has 7 heteroatoms. The molecule has 1 saturated heterocycles. The highest BCUT2D eigenvalue weighted by Gasteiger charge is 2.13. The van der Waals surface area contributed by atoms with E-state index in [4.69, 9.17) is 19.9 Å². The summed E-state index contributed by atoms with van der Waals surface area (Å²) in [6.07, 6.45) is 3.07. The molecule has 3 N–H and O–H groups in total. The van der Waals surface area contributed by atoms with Gasteiger partial charge in [0.1, 0.15) is 5.75 Å². The lowest BCUT2D eigenvalue weighted by Gasteiger charge is -2.21. The number of hydrogen-bond donors (Lipinski definition) is 2. The Kier molecular flexibility index (Phi) is 10.8. The van der Waals surface area contributed by atoms with Gasteiger partial charge in [0.15, 0.2) is 5.96 Å². The largest absolute Gasteiger partial charge is 0.495 e. The van der Waals surface area contributed by atoms with Crippen molar-refractivity contribution in [2.75, 3.05) is 45.4 Å². The summed E-state index contributed by atoms with van der Waals surface area (Å²) >= 11 is 0. The fraction of sp³-hybridized carbons (Fsp3) is 0.588. The van der Waals surface area contributed by atoms with Gasteiger partial charge in [-0.1, -0.05) is 12.1 Å². The number of nitrogens with two attached hydrogens (primary N) is 1. The average molecular weight is 449 g/mol. The van der Waals surface area contributed by atoms with Crippen LogP contribution < -0.4 is 15.8 Å². The summed E-state index contributed by atoms with van der Waals surface area (Å²) in [5.41, 5.74) is 6.70. The van der Waals surface area contributed by atoms with Crippen LogP contribution in [0.4, 0.5) is 5.69 Å². The number of aliphatic imine (C=N–C) groups is 1. The van der Waals surface area contributed by atoms with Gasteiger partial charge in [-0.05, 0) is 37.3 Å². The van der Waals surface area contributed by atoms with Crippen LogP contribution in [0.3, 0.4) is 0 Å². The van der Waals surface area contributed by atoms with Crippen LogP contribution in [0.1, 0.15) is 19.3 Å².